The van der Waals surface area contributed by atoms with Crippen LogP contribution in [0.4, 0.5) is 17.1 Å². The van der Waals surface area contributed by atoms with Gasteiger partial charge < -0.3 is 5.32 Å². The predicted octanol–water partition coefficient (Wildman–Crippen LogP) is 4.58. The van der Waals surface area contributed by atoms with Gasteiger partial charge in [0.15, 0.2) is 5.11 Å². The quantitative estimate of drug-likeness (QED) is 0.171. The summed E-state index contributed by atoms with van der Waals surface area (Å²) in [5, 5.41) is 16.2. The number of halogens is 1. The molecule has 0 saturated carbocycles. The van der Waals surface area contributed by atoms with E-state index in [1.165, 1.54) is 48.6 Å². The van der Waals surface area contributed by atoms with Gasteiger partial charge in [-0.05, 0) is 54.2 Å². The number of hydrogen-bond acceptors (Lipinski definition) is 6. The van der Waals surface area contributed by atoms with E-state index in [4.69, 9.17) is 23.8 Å². The fourth-order valence-corrected chi connectivity index (χ4v) is 3.82. The van der Waals surface area contributed by atoms with E-state index in [9.17, 15) is 24.5 Å². The van der Waals surface area contributed by atoms with E-state index in [1.807, 2.05) is 0 Å². The Bertz CT molecular complexity index is 1400. The molecule has 0 atom stereocenters. The number of imide groups is 1. The fourth-order valence-electron chi connectivity index (χ4n) is 3.39. The van der Waals surface area contributed by atoms with Crippen LogP contribution in [-0.2, 0) is 4.79 Å². The van der Waals surface area contributed by atoms with Gasteiger partial charge in [-0.2, -0.15) is 0 Å². The van der Waals surface area contributed by atoms with Crippen molar-refractivity contribution >= 4 is 69.8 Å². The minimum Gasteiger partial charge on any atom is -0.331 e. The average Bonchev–Trinajstić information content (AvgIpc) is 3.09. The van der Waals surface area contributed by atoms with Crippen molar-refractivity contribution < 1.29 is 19.3 Å². The Kier molecular flexibility index (Phi) is 6.67. The molecule has 0 fully saturated rings. The molecule has 3 amide bonds. The summed E-state index contributed by atoms with van der Waals surface area (Å²) in [7, 11) is 0. The number of nitro benzene ring substituents is 1. The van der Waals surface area contributed by atoms with Crippen molar-refractivity contribution in [2.45, 2.75) is 0 Å². The molecule has 0 spiro atoms. The van der Waals surface area contributed by atoms with Gasteiger partial charge in [0.25, 0.3) is 17.5 Å². The summed E-state index contributed by atoms with van der Waals surface area (Å²) >= 11 is 11.5. The molecule has 9 nitrogen and oxygen atoms in total. The number of thiocarbonyl (C=S) groups is 1. The third-order valence-electron chi connectivity index (χ3n) is 5.00. The second-order valence-corrected chi connectivity index (χ2v) is 8.10. The van der Waals surface area contributed by atoms with Crippen LogP contribution < -0.4 is 15.5 Å². The Labute approximate surface area is 209 Å². The summed E-state index contributed by atoms with van der Waals surface area (Å²) in [4.78, 5) is 48.8. The van der Waals surface area contributed by atoms with Crippen molar-refractivity contribution in [3.05, 3.63) is 105 Å². The predicted molar refractivity (Wildman–Crippen MR) is 136 cm³/mol. The van der Waals surface area contributed by atoms with Gasteiger partial charge in [-0.25, -0.2) is 4.90 Å². The van der Waals surface area contributed by atoms with E-state index < -0.39 is 22.6 Å². The first-order valence-electron chi connectivity index (χ1n) is 10.1. The van der Waals surface area contributed by atoms with Crippen LogP contribution in [0.15, 0.2) is 72.8 Å². The molecule has 3 aromatic carbocycles. The number of fused-ring (bicyclic) bond motifs is 1. The van der Waals surface area contributed by atoms with Gasteiger partial charge >= 0.3 is 0 Å². The van der Waals surface area contributed by atoms with Gasteiger partial charge in [0.05, 0.1) is 32.4 Å². The normalized spacial score (nSPS) is 12.5. The van der Waals surface area contributed by atoms with Crippen LogP contribution in [0.3, 0.4) is 0 Å². The van der Waals surface area contributed by atoms with Gasteiger partial charge in [-0.3, -0.25) is 29.8 Å². The molecule has 0 aromatic heterocycles. The zero-order valence-corrected chi connectivity index (χ0v) is 19.3. The standard InChI is InChI=1S/C24H15ClN4O5S/c25-19-13-15(28-22(31)17-6-1-2-7-18(17)23(28)32)9-10-20(19)26-24(35)27-21(30)11-8-14-4-3-5-16(12-14)29(33)34/h1-13H,(H2,26,27,30,35). The van der Waals surface area contributed by atoms with Crippen LogP contribution in [0.2, 0.25) is 5.02 Å². The lowest BCUT2D eigenvalue weighted by Crippen LogP contribution is -2.33. The van der Waals surface area contributed by atoms with Crippen LogP contribution in [-0.4, -0.2) is 27.8 Å². The number of nitro groups is 1. The van der Waals surface area contributed by atoms with E-state index in [0.29, 0.717) is 28.1 Å². The zero-order valence-electron chi connectivity index (χ0n) is 17.7. The van der Waals surface area contributed by atoms with Crippen LogP contribution in [0.5, 0.6) is 0 Å². The molecule has 1 aliphatic rings. The molecule has 0 unspecified atom stereocenters. The molecular weight excluding hydrogens is 492 g/mol. The molecular formula is C24H15ClN4O5S. The highest BCUT2D eigenvalue weighted by atomic mass is 35.5. The van der Waals surface area contributed by atoms with Crippen molar-refractivity contribution in [1.29, 1.82) is 0 Å². The molecule has 174 valence electrons. The molecule has 1 heterocycles. The Hall–Kier alpha value is -4.41. The van der Waals surface area contributed by atoms with Gasteiger partial charge in [0.2, 0.25) is 5.91 Å². The molecule has 1 aliphatic heterocycles. The maximum Gasteiger partial charge on any atom is 0.270 e. The smallest absolute Gasteiger partial charge is 0.270 e. The Morgan fingerprint density at radius 3 is 2.31 bits per heavy atom. The molecule has 0 aliphatic carbocycles. The van der Waals surface area contributed by atoms with E-state index in [2.05, 4.69) is 10.6 Å². The largest absolute Gasteiger partial charge is 0.331 e. The first-order valence-corrected chi connectivity index (χ1v) is 10.8. The van der Waals surface area contributed by atoms with Crippen LogP contribution in [0, 0.1) is 10.1 Å². The third kappa shape index (κ3) is 5.08. The SMILES string of the molecule is O=C(C=Cc1cccc([N+](=O)[O-])c1)NC(=S)Nc1ccc(N2C(=O)c3ccccc3C2=O)cc1Cl. The molecule has 3 aromatic rings. The summed E-state index contributed by atoms with van der Waals surface area (Å²) in [5.74, 6) is -1.45. The highest BCUT2D eigenvalue weighted by Gasteiger charge is 2.36. The number of non-ortho nitro benzene ring substituents is 1. The number of anilines is 2. The van der Waals surface area contributed by atoms with Gasteiger partial charge in [-0.15, -0.1) is 0 Å². The molecule has 0 saturated heterocycles. The Morgan fingerprint density at radius 1 is 1.00 bits per heavy atom. The van der Waals surface area contributed by atoms with Crippen LogP contribution in [0.1, 0.15) is 26.3 Å². The number of carbonyl (C=O) groups excluding carboxylic acids is 3. The minimum absolute atomic E-state index is 0.0472. The van der Waals surface area contributed by atoms with Crippen molar-refractivity contribution in [1.82, 2.24) is 5.32 Å². The summed E-state index contributed by atoms with van der Waals surface area (Å²) in [5.41, 5.74) is 1.65. The fraction of sp³-hybridized carbons (Fsp3) is 0. The molecule has 0 radical (unpaired) electrons. The first kappa shape index (κ1) is 23.7. The van der Waals surface area contributed by atoms with Gasteiger partial charge in [0.1, 0.15) is 0 Å². The van der Waals surface area contributed by atoms with Crippen molar-refractivity contribution in [2.75, 3.05) is 10.2 Å². The highest BCUT2D eigenvalue weighted by molar-refractivity contribution is 7.80. The number of nitrogens with one attached hydrogen (secondary N) is 2. The van der Waals surface area contributed by atoms with Crippen molar-refractivity contribution in [3.8, 4) is 0 Å². The van der Waals surface area contributed by atoms with Crippen LogP contribution >= 0.6 is 23.8 Å². The maximum atomic E-state index is 12.7. The summed E-state index contributed by atoms with van der Waals surface area (Å²) < 4.78 is 0. The Morgan fingerprint density at radius 2 is 1.69 bits per heavy atom. The molecule has 11 heteroatoms. The molecule has 4 rings (SSSR count). The van der Waals surface area contributed by atoms with E-state index in [0.717, 1.165) is 4.90 Å². The van der Waals surface area contributed by atoms with E-state index in [-0.39, 0.29) is 15.8 Å². The monoisotopic (exact) mass is 506 g/mol. The number of amides is 3. The van der Waals surface area contributed by atoms with Crippen LogP contribution in [0.25, 0.3) is 6.08 Å². The number of benzene rings is 3. The number of rotatable bonds is 5. The number of carbonyl (C=O) groups is 3. The van der Waals surface area contributed by atoms with E-state index in [1.54, 1.807) is 30.3 Å². The zero-order chi connectivity index (χ0) is 25.1. The molecule has 0 bridgehead atoms. The molecule has 2 N–H and O–H groups in total. The summed E-state index contributed by atoms with van der Waals surface area (Å²) in [6, 6.07) is 16.8. The lowest BCUT2D eigenvalue weighted by Gasteiger charge is -2.16. The van der Waals surface area contributed by atoms with E-state index >= 15 is 0 Å². The Balaban J connectivity index is 1.40. The molecule has 35 heavy (non-hydrogen) atoms. The average molecular weight is 507 g/mol. The summed E-state index contributed by atoms with van der Waals surface area (Å²) in [6.07, 6.45) is 2.59. The second kappa shape index (κ2) is 9.84. The lowest BCUT2D eigenvalue weighted by molar-refractivity contribution is -0.384. The van der Waals surface area contributed by atoms with Crippen molar-refractivity contribution in [3.63, 3.8) is 0 Å². The highest BCUT2D eigenvalue weighted by Crippen LogP contribution is 2.32. The van der Waals surface area contributed by atoms with Gasteiger partial charge in [0, 0.05) is 18.2 Å². The number of nitrogens with zero attached hydrogens (tertiary/aromatic N) is 2. The number of hydrogen-bond donors (Lipinski definition) is 2. The lowest BCUT2D eigenvalue weighted by atomic mass is 10.1. The second-order valence-electron chi connectivity index (χ2n) is 7.28. The summed E-state index contributed by atoms with van der Waals surface area (Å²) in [6.45, 7) is 0. The maximum absolute atomic E-state index is 12.7. The minimum atomic E-state index is -0.562. The van der Waals surface area contributed by atoms with Crippen molar-refractivity contribution in [2.24, 2.45) is 0 Å². The first-order chi connectivity index (χ1) is 16.7. The third-order valence-corrected chi connectivity index (χ3v) is 5.51. The van der Waals surface area contributed by atoms with Gasteiger partial charge in [-0.1, -0.05) is 35.9 Å². The topological polar surface area (TPSA) is 122 Å².